The van der Waals surface area contributed by atoms with E-state index in [1.54, 1.807) is 23.4 Å². The van der Waals surface area contributed by atoms with Gasteiger partial charge in [-0.15, -0.1) is 11.3 Å². The first kappa shape index (κ1) is 15.2. The topological polar surface area (TPSA) is 55.7 Å². The molecule has 0 aliphatic carbocycles. The predicted molar refractivity (Wildman–Crippen MR) is 92.5 cm³/mol. The minimum Gasteiger partial charge on any atom is -0.463 e. The molecule has 0 saturated carbocycles. The maximum Gasteiger partial charge on any atom is 0.206 e. The van der Waals surface area contributed by atoms with E-state index in [1.165, 1.54) is 11.3 Å². The molecular formula is C17H16N4OS. The van der Waals surface area contributed by atoms with Crippen LogP contribution in [0, 0.1) is 0 Å². The van der Waals surface area contributed by atoms with E-state index in [9.17, 15) is 0 Å². The van der Waals surface area contributed by atoms with E-state index in [1.807, 2.05) is 42.6 Å². The lowest BCUT2D eigenvalue weighted by molar-refractivity contribution is 0.575. The summed E-state index contributed by atoms with van der Waals surface area (Å²) in [5.74, 6) is 0.746. The lowest BCUT2D eigenvalue weighted by atomic mass is 10.3. The van der Waals surface area contributed by atoms with Gasteiger partial charge in [-0.25, -0.2) is 4.68 Å². The summed E-state index contributed by atoms with van der Waals surface area (Å²) in [7, 11) is 0. The third kappa shape index (κ3) is 3.73. The average molecular weight is 324 g/mol. The van der Waals surface area contributed by atoms with Crippen molar-refractivity contribution >= 4 is 17.6 Å². The van der Waals surface area contributed by atoms with Crippen molar-refractivity contribution in [2.45, 2.75) is 6.92 Å². The van der Waals surface area contributed by atoms with Crippen molar-refractivity contribution < 1.29 is 4.42 Å². The van der Waals surface area contributed by atoms with Gasteiger partial charge in [0, 0.05) is 11.6 Å². The summed E-state index contributed by atoms with van der Waals surface area (Å²) in [6.45, 7) is 6.40. The highest BCUT2D eigenvalue weighted by Gasteiger charge is 2.09. The van der Waals surface area contributed by atoms with Crippen LogP contribution in [0.1, 0.15) is 12.6 Å². The highest BCUT2D eigenvalue weighted by molar-refractivity contribution is 7.07. The fourth-order valence-electron chi connectivity index (χ4n) is 1.89. The molecule has 0 aliphatic rings. The van der Waals surface area contributed by atoms with Gasteiger partial charge < -0.3 is 4.42 Å². The summed E-state index contributed by atoms with van der Waals surface area (Å²) < 4.78 is 7.25. The first-order valence-electron chi connectivity index (χ1n) is 7.09. The molecule has 0 unspecified atom stereocenters. The molecule has 0 amide bonds. The molecule has 3 aromatic rings. The summed E-state index contributed by atoms with van der Waals surface area (Å²) in [5, 5.41) is 6.50. The van der Waals surface area contributed by atoms with Gasteiger partial charge in [0.1, 0.15) is 5.69 Å². The van der Waals surface area contributed by atoms with E-state index in [2.05, 4.69) is 21.7 Å². The Kier molecular flexibility index (Phi) is 4.63. The van der Waals surface area contributed by atoms with Gasteiger partial charge in [0.2, 0.25) is 4.80 Å². The first-order chi connectivity index (χ1) is 11.2. The van der Waals surface area contributed by atoms with Crippen LogP contribution in [0.15, 0.2) is 74.8 Å². The van der Waals surface area contributed by atoms with Gasteiger partial charge in [0.25, 0.3) is 0 Å². The lowest BCUT2D eigenvalue weighted by Crippen LogP contribution is -2.13. The SMILES string of the molecule is C=C(C)CN=c1scc(-c2ccco2)n1N=Cc1ccccn1. The van der Waals surface area contributed by atoms with Crippen LogP contribution < -0.4 is 4.80 Å². The fraction of sp³-hybridized carbons (Fsp3) is 0.118. The Bertz CT molecular complexity index is 873. The molecule has 3 heterocycles. The van der Waals surface area contributed by atoms with Crippen LogP contribution in [-0.4, -0.2) is 22.4 Å². The summed E-state index contributed by atoms with van der Waals surface area (Å²) in [4.78, 5) is 9.59. The van der Waals surface area contributed by atoms with E-state index in [0.717, 1.165) is 27.5 Å². The molecule has 3 rings (SSSR count). The Hall–Kier alpha value is -2.73. The second-order valence-corrected chi connectivity index (χ2v) is 5.80. The number of furan rings is 1. The smallest absolute Gasteiger partial charge is 0.206 e. The maximum absolute atomic E-state index is 5.49. The van der Waals surface area contributed by atoms with Crippen LogP contribution in [0.2, 0.25) is 0 Å². The second kappa shape index (κ2) is 7.02. The first-order valence-corrected chi connectivity index (χ1v) is 7.96. The van der Waals surface area contributed by atoms with Crippen molar-refractivity contribution in [1.29, 1.82) is 0 Å². The molecule has 6 heteroatoms. The Morgan fingerprint density at radius 3 is 3.00 bits per heavy atom. The molecule has 0 aliphatic heterocycles. The molecule has 5 nitrogen and oxygen atoms in total. The van der Waals surface area contributed by atoms with Crippen molar-refractivity contribution in [3.05, 3.63) is 70.8 Å². The molecule has 3 aromatic heterocycles. The number of nitrogens with zero attached hydrogens (tertiary/aromatic N) is 4. The van der Waals surface area contributed by atoms with Crippen LogP contribution in [0.3, 0.4) is 0 Å². The van der Waals surface area contributed by atoms with Crippen molar-refractivity contribution in [2.75, 3.05) is 6.54 Å². The largest absolute Gasteiger partial charge is 0.463 e. The third-order valence-corrected chi connectivity index (χ3v) is 3.79. The summed E-state index contributed by atoms with van der Waals surface area (Å²) in [6, 6.07) is 9.44. The van der Waals surface area contributed by atoms with E-state index in [0.29, 0.717) is 6.54 Å². The average Bonchev–Trinajstić information content (AvgIpc) is 3.21. The molecule has 0 saturated heterocycles. The van der Waals surface area contributed by atoms with Gasteiger partial charge in [-0.2, -0.15) is 5.10 Å². The standard InChI is InChI=1S/C17H16N4OS/c1-13(2)10-19-17-21(20-11-14-6-3-4-8-18-14)15(12-23-17)16-7-5-9-22-16/h3-9,11-12H,1,10H2,2H3. The molecule has 0 atom stereocenters. The fourth-order valence-corrected chi connectivity index (χ4v) is 2.70. The van der Waals surface area contributed by atoms with Crippen LogP contribution in [-0.2, 0) is 0 Å². The third-order valence-electron chi connectivity index (χ3n) is 2.94. The van der Waals surface area contributed by atoms with Crippen LogP contribution in [0.25, 0.3) is 11.5 Å². The minimum atomic E-state index is 0.567. The summed E-state index contributed by atoms with van der Waals surface area (Å²) in [6.07, 6.45) is 5.09. The number of hydrogen-bond acceptors (Lipinski definition) is 5. The van der Waals surface area contributed by atoms with Gasteiger partial charge in [-0.05, 0) is 31.2 Å². The van der Waals surface area contributed by atoms with E-state index < -0.39 is 0 Å². The molecule has 0 spiro atoms. The Morgan fingerprint density at radius 1 is 1.39 bits per heavy atom. The zero-order chi connectivity index (χ0) is 16.1. The van der Waals surface area contributed by atoms with E-state index in [4.69, 9.17) is 4.42 Å². The van der Waals surface area contributed by atoms with Crippen LogP contribution in [0.5, 0.6) is 0 Å². The summed E-state index contributed by atoms with van der Waals surface area (Å²) in [5.41, 5.74) is 2.63. The van der Waals surface area contributed by atoms with E-state index in [-0.39, 0.29) is 0 Å². The zero-order valence-electron chi connectivity index (χ0n) is 12.7. The molecule has 0 bridgehead atoms. The van der Waals surface area contributed by atoms with Gasteiger partial charge in [-0.3, -0.25) is 9.98 Å². The Labute approximate surface area is 138 Å². The number of hydrogen-bond donors (Lipinski definition) is 0. The molecule has 0 N–H and O–H groups in total. The monoisotopic (exact) mass is 324 g/mol. The van der Waals surface area contributed by atoms with Crippen molar-refractivity contribution in [2.24, 2.45) is 10.1 Å². The highest BCUT2D eigenvalue weighted by atomic mass is 32.1. The van der Waals surface area contributed by atoms with E-state index >= 15 is 0 Å². The summed E-state index contributed by atoms with van der Waals surface area (Å²) >= 11 is 1.51. The molecule has 0 aromatic carbocycles. The number of pyridine rings is 1. The normalized spacial score (nSPS) is 12.1. The van der Waals surface area contributed by atoms with Crippen molar-refractivity contribution in [1.82, 2.24) is 9.66 Å². The van der Waals surface area contributed by atoms with Crippen LogP contribution >= 0.6 is 11.3 Å². The molecular weight excluding hydrogens is 308 g/mol. The quantitative estimate of drug-likeness (QED) is 0.532. The Balaban J connectivity index is 2.04. The highest BCUT2D eigenvalue weighted by Crippen LogP contribution is 2.20. The maximum atomic E-state index is 5.49. The molecule has 23 heavy (non-hydrogen) atoms. The predicted octanol–water partition coefficient (Wildman–Crippen LogP) is 3.56. The molecule has 0 radical (unpaired) electrons. The van der Waals surface area contributed by atoms with Crippen molar-refractivity contribution in [3.63, 3.8) is 0 Å². The van der Waals surface area contributed by atoms with Crippen molar-refractivity contribution in [3.8, 4) is 11.5 Å². The molecule has 0 fully saturated rings. The molecule has 116 valence electrons. The van der Waals surface area contributed by atoms with Crippen LogP contribution in [0.4, 0.5) is 0 Å². The zero-order valence-corrected chi connectivity index (χ0v) is 13.5. The van der Waals surface area contributed by atoms with Gasteiger partial charge in [0.15, 0.2) is 5.76 Å². The minimum absolute atomic E-state index is 0.567. The second-order valence-electron chi connectivity index (χ2n) is 4.97. The van der Waals surface area contributed by atoms with Gasteiger partial charge in [-0.1, -0.05) is 18.2 Å². The van der Waals surface area contributed by atoms with Gasteiger partial charge >= 0.3 is 0 Å². The Morgan fingerprint density at radius 2 is 2.30 bits per heavy atom. The lowest BCUT2D eigenvalue weighted by Gasteiger charge is -2.00. The number of rotatable bonds is 5. The number of aromatic nitrogens is 2. The number of thiazole rings is 1. The van der Waals surface area contributed by atoms with Gasteiger partial charge in [0.05, 0.1) is 24.7 Å².